The van der Waals surface area contributed by atoms with E-state index < -0.39 is 0 Å². The van der Waals surface area contributed by atoms with Crippen molar-refractivity contribution in [3.05, 3.63) is 12.2 Å². The van der Waals surface area contributed by atoms with Gasteiger partial charge in [-0.2, -0.15) is 0 Å². The van der Waals surface area contributed by atoms with Crippen LogP contribution in [0.3, 0.4) is 0 Å². The smallest absolute Gasteiger partial charge is 0.0348 e. The van der Waals surface area contributed by atoms with Crippen LogP contribution in [-0.2, 0) is 0 Å². The highest BCUT2D eigenvalue weighted by atomic mass is 14.4. The molecule has 3 aliphatic rings. The third kappa shape index (κ3) is 8.35. The molecule has 3 rings (SSSR count). The maximum atomic E-state index is 2.37. The Hall–Kier alpha value is -0.260. The number of unbranched alkanes of at least 4 members (excludes halogenated alkanes) is 1. The summed E-state index contributed by atoms with van der Waals surface area (Å²) in [6, 6.07) is 0. The minimum atomic E-state index is 1.04. The maximum absolute atomic E-state index is 2.37. The second-order valence-electron chi connectivity index (χ2n) is 11.7. The Balaban J connectivity index is 1.19. The van der Waals surface area contributed by atoms with E-state index in [1.54, 1.807) is 57.8 Å². The first-order valence-corrected chi connectivity index (χ1v) is 14.4. The van der Waals surface area contributed by atoms with E-state index in [4.69, 9.17) is 0 Å². The van der Waals surface area contributed by atoms with Crippen molar-refractivity contribution in [3.8, 4) is 0 Å². The molecule has 0 aliphatic heterocycles. The monoisotopic (exact) mass is 414 g/mol. The van der Waals surface area contributed by atoms with Gasteiger partial charge in [-0.1, -0.05) is 109 Å². The Morgan fingerprint density at radius 3 is 1.37 bits per heavy atom. The minimum Gasteiger partial charge on any atom is -0.0917 e. The Bertz CT molecular complexity index is 439. The molecule has 0 radical (unpaired) electrons. The SMILES string of the molecule is CC=CCC[C@H]1CC[C@H](CCCC[C@H]2CC[C@H]([C@H]3CC[C@H](CCC)CC3)CC2)CC1. The van der Waals surface area contributed by atoms with Crippen molar-refractivity contribution in [3.63, 3.8) is 0 Å². The van der Waals surface area contributed by atoms with Gasteiger partial charge in [-0.25, -0.2) is 0 Å². The topological polar surface area (TPSA) is 0 Å². The molecule has 0 atom stereocenters. The number of hydrogen-bond donors (Lipinski definition) is 0. The van der Waals surface area contributed by atoms with Crippen molar-refractivity contribution in [1.82, 2.24) is 0 Å². The van der Waals surface area contributed by atoms with Crippen LogP contribution in [0.1, 0.15) is 142 Å². The summed E-state index contributed by atoms with van der Waals surface area (Å²) < 4.78 is 0. The third-order valence-corrected chi connectivity index (χ3v) is 9.56. The summed E-state index contributed by atoms with van der Waals surface area (Å²) in [6.07, 6.45) is 35.0. The van der Waals surface area contributed by atoms with E-state index in [2.05, 4.69) is 26.0 Å². The Kier molecular flexibility index (Phi) is 11.4. The molecule has 3 saturated carbocycles. The molecule has 30 heavy (non-hydrogen) atoms. The average molecular weight is 415 g/mol. The summed E-state index contributed by atoms with van der Waals surface area (Å²) >= 11 is 0. The lowest BCUT2D eigenvalue weighted by atomic mass is 9.68. The van der Waals surface area contributed by atoms with Crippen LogP contribution in [0.25, 0.3) is 0 Å². The summed E-state index contributed by atoms with van der Waals surface area (Å²) in [5, 5.41) is 0. The maximum Gasteiger partial charge on any atom is -0.0348 e. The van der Waals surface area contributed by atoms with Gasteiger partial charge < -0.3 is 0 Å². The molecule has 0 heteroatoms. The molecule has 0 nitrogen and oxygen atoms in total. The standard InChI is InChI=1S/C30H54/c1-3-5-6-10-26-13-15-27(16-14-26)11-7-8-12-28-19-23-30(24-20-28)29-21-17-25(9-4-2)18-22-29/h3,5,25-30H,4,6-24H2,1-2H3/t25-,26-,27-,28-,29-,30-. The molecule has 0 aromatic heterocycles. The highest BCUT2D eigenvalue weighted by Crippen LogP contribution is 2.43. The van der Waals surface area contributed by atoms with Crippen LogP contribution in [0.5, 0.6) is 0 Å². The second kappa shape index (κ2) is 14.0. The predicted molar refractivity (Wildman–Crippen MR) is 134 cm³/mol. The minimum absolute atomic E-state index is 1.04. The molecular weight excluding hydrogens is 360 g/mol. The van der Waals surface area contributed by atoms with E-state index in [0.717, 1.165) is 35.5 Å². The van der Waals surface area contributed by atoms with Gasteiger partial charge in [0.1, 0.15) is 0 Å². The number of rotatable bonds is 11. The van der Waals surface area contributed by atoms with Crippen molar-refractivity contribution >= 4 is 0 Å². The van der Waals surface area contributed by atoms with Crippen LogP contribution >= 0.6 is 0 Å². The molecule has 0 unspecified atom stereocenters. The first kappa shape index (κ1) is 24.4. The summed E-state index contributed by atoms with van der Waals surface area (Å²) in [5.74, 6) is 6.48. The number of allylic oxidation sites excluding steroid dienone is 2. The molecule has 0 N–H and O–H groups in total. The zero-order valence-electron chi connectivity index (χ0n) is 20.8. The Morgan fingerprint density at radius 2 is 0.933 bits per heavy atom. The lowest BCUT2D eigenvalue weighted by Crippen LogP contribution is -2.25. The molecule has 0 aromatic carbocycles. The van der Waals surface area contributed by atoms with Crippen molar-refractivity contribution < 1.29 is 0 Å². The first-order chi connectivity index (χ1) is 14.8. The fourth-order valence-electron chi connectivity index (χ4n) is 7.48. The molecule has 174 valence electrons. The average Bonchev–Trinajstić information content (AvgIpc) is 2.79. The van der Waals surface area contributed by atoms with Crippen LogP contribution in [0, 0.1) is 35.5 Å². The van der Waals surface area contributed by atoms with Gasteiger partial charge in [0.05, 0.1) is 0 Å². The van der Waals surface area contributed by atoms with Crippen LogP contribution in [0.15, 0.2) is 12.2 Å². The van der Waals surface area contributed by atoms with Gasteiger partial charge in [0.2, 0.25) is 0 Å². The van der Waals surface area contributed by atoms with Crippen molar-refractivity contribution in [2.24, 2.45) is 35.5 Å². The molecule has 3 aliphatic carbocycles. The van der Waals surface area contributed by atoms with Crippen molar-refractivity contribution in [2.75, 3.05) is 0 Å². The zero-order valence-corrected chi connectivity index (χ0v) is 20.8. The lowest BCUT2D eigenvalue weighted by Gasteiger charge is -2.38. The van der Waals surface area contributed by atoms with E-state index in [9.17, 15) is 0 Å². The van der Waals surface area contributed by atoms with Gasteiger partial charge in [0, 0.05) is 0 Å². The van der Waals surface area contributed by atoms with Crippen molar-refractivity contribution in [2.45, 2.75) is 142 Å². The van der Waals surface area contributed by atoms with E-state index in [1.165, 1.54) is 70.6 Å². The fraction of sp³-hybridized carbons (Fsp3) is 0.933. The summed E-state index contributed by atoms with van der Waals surface area (Å²) in [6.45, 7) is 4.52. The molecule has 0 bridgehead atoms. The van der Waals surface area contributed by atoms with E-state index in [0.29, 0.717) is 0 Å². The van der Waals surface area contributed by atoms with Crippen LogP contribution in [0.4, 0.5) is 0 Å². The molecule has 0 spiro atoms. The zero-order chi connectivity index (χ0) is 21.0. The van der Waals surface area contributed by atoms with Gasteiger partial charge in [0.15, 0.2) is 0 Å². The summed E-state index contributed by atoms with van der Waals surface area (Å²) in [5.41, 5.74) is 0. The van der Waals surface area contributed by atoms with Gasteiger partial charge in [-0.3, -0.25) is 0 Å². The lowest BCUT2D eigenvalue weighted by molar-refractivity contribution is 0.140. The first-order valence-electron chi connectivity index (χ1n) is 14.4. The summed E-state index contributed by atoms with van der Waals surface area (Å²) in [4.78, 5) is 0. The van der Waals surface area contributed by atoms with Crippen LogP contribution < -0.4 is 0 Å². The van der Waals surface area contributed by atoms with Gasteiger partial charge >= 0.3 is 0 Å². The third-order valence-electron chi connectivity index (χ3n) is 9.56. The van der Waals surface area contributed by atoms with Crippen LogP contribution in [0.2, 0.25) is 0 Å². The number of hydrogen-bond acceptors (Lipinski definition) is 0. The second-order valence-corrected chi connectivity index (χ2v) is 11.7. The molecule has 3 fully saturated rings. The van der Waals surface area contributed by atoms with Gasteiger partial charge in [-0.05, 0) is 81.0 Å². The molecule has 0 saturated heterocycles. The molecular formula is C30H54. The van der Waals surface area contributed by atoms with E-state index >= 15 is 0 Å². The normalized spacial score (nSPS) is 35.7. The highest BCUT2D eigenvalue weighted by Gasteiger charge is 2.30. The Morgan fingerprint density at radius 1 is 0.533 bits per heavy atom. The van der Waals surface area contributed by atoms with E-state index in [-0.39, 0.29) is 0 Å². The van der Waals surface area contributed by atoms with Crippen molar-refractivity contribution in [1.29, 1.82) is 0 Å². The van der Waals surface area contributed by atoms with Gasteiger partial charge in [-0.15, -0.1) is 0 Å². The van der Waals surface area contributed by atoms with Gasteiger partial charge in [0.25, 0.3) is 0 Å². The molecule has 0 heterocycles. The fourth-order valence-corrected chi connectivity index (χ4v) is 7.48. The Labute approximate surface area is 190 Å². The van der Waals surface area contributed by atoms with Crippen LogP contribution in [-0.4, -0.2) is 0 Å². The molecule has 0 aromatic rings. The quantitative estimate of drug-likeness (QED) is 0.233. The predicted octanol–water partition coefficient (Wildman–Crippen LogP) is 10.1. The largest absolute Gasteiger partial charge is 0.0917 e. The highest BCUT2D eigenvalue weighted by molar-refractivity contribution is 4.83. The summed E-state index contributed by atoms with van der Waals surface area (Å²) in [7, 11) is 0. The molecule has 0 amide bonds. The van der Waals surface area contributed by atoms with E-state index in [1.807, 2.05) is 0 Å².